The maximum absolute atomic E-state index is 12.2. The summed E-state index contributed by atoms with van der Waals surface area (Å²) in [5, 5.41) is 7.56. The van der Waals surface area contributed by atoms with Gasteiger partial charge in [-0.25, -0.2) is 4.68 Å². The van der Waals surface area contributed by atoms with Gasteiger partial charge in [0.25, 0.3) is 0 Å². The molecule has 1 unspecified atom stereocenters. The van der Waals surface area contributed by atoms with Crippen LogP contribution in [0.1, 0.15) is 6.42 Å². The number of hydrogen-bond donors (Lipinski definition) is 1. The van der Waals surface area contributed by atoms with Gasteiger partial charge in [0, 0.05) is 20.0 Å². The summed E-state index contributed by atoms with van der Waals surface area (Å²) < 4.78 is 1.60. The monoisotopic (exact) mass is 318 g/mol. The van der Waals surface area contributed by atoms with Gasteiger partial charge >= 0.3 is 0 Å². The standard InChI is InChI=1S/C15H15ClN4O2/c1-19-8-10(6-14(19)21)15(22)18-11-7-17-20(9-11)13-5-3-2-4-12(13)16/h2-5,7,9-10H,6,8H2,1H3,(H,18,22). The van der Waals surface area contributed by atoms with Gasteiger partial charge in [0.15, 0.2) is 0 Å². The molecule has 1 fully saturated rings. The van der Waals surface area contributed by atoms with Crippen molar-refractivity contribution in [2.24, 2.45) is 5.92 Å². The molecule has 0 aliphatic carbocycles. The van der Waals surface area contributed by atoms with Crippen LogP contribution in [0.3, 0.4) is 0 Å². The Morgan fingerprint density at radius 1 is 1.41 bits per heavy atom. The molecule has 6 nitrogen and oxygen atoms in total. The van der Waals surface area contributed by atoms with Crippen molar-refractivity contribution in [3.63, 3.8) is 0 Å². The lowest BCUT2D eigenvalue weighted by molar-refractivity contribution is -0.127. The molecule has 3 rings (SSSR count). The predicted molar refractivity (Wildman–Crippen MR) is 82.9 cm³/mol. The highest BCUT2D eigenvalue weighted by Gasteiger charge is 2.32. The maximum atomic E-state index is 12.2. The SMILES string of the molecule is CN1CC(C(=O)Nc2cnn(-c3ccccc3Cl)c2)CC1=O. The van der Waals surface area contributed by atoms with Crippen molar-refractivity contribution in [2.45, 2.75) is 6.42 Å². The number of amides is 2. The summed E-state index contributed by atoms with van der Waals surface area (Å²) in [7, 11) is 1.70. The first-order valence-electron chi connectivity index (χ1n) is 6.89. The zero-order valence-electron chi connectivity index (χ0n) is 12.0. The van der Waals surface area contributed by atoms with Gasteiger partial charge in [-0.1, -0.05) is 23.7 Å². The number of para-hydroxylation sites is 1. The third-order valence-corrected chi connectivity index (χ3v) is 3.98. The summed E-state index contributed by atoms with van der Waals surface area (Å²) in [6.45, 7) is 0.448. The number of carbonyl (C=O) groups excluding carboxylic acids is 2. The molecule has 2 amide bonds. The average molecular weight is 319 g/mol. The lowest BCUT2D eigenvalue weighted by atomic mass is 10.1. The second kappa shape index (κ2) is 5.81. The second-order valence-corrected chi connectivity index (χ2v) is 5.70. The Morgan fingerprint density at radius 2 is 2.18 bits per heavy atom. The molecule has 114 valence electrons. The number of aromatic nitrogens is 2. The van der Waals surface area contributed by atoms with E-state index in [1.54, 1.807) is 35.1 Å². The topological polar surface area (TPSA) is 67.2 Å². The summed E-state index contributed by atoms with van der Waals surface area (Å²) in [5.41, 5.74) is 1.31. The van der Waals surface area contributed by atoms with Crippen LogP contribution >= 0.6 is 11.6 Å². The molecule has 2 heterocycles. The minimum atomic E-state index is -0.318. The van der Waals surface area contributed by atoms with Crippen LogP contribution in [-0.4, -0.2) is 40.1 Å². The number of carbonyl (C=O) groups is 2. The van der Waals surface area contributed by atoms with Crippen LogP contribution in [-0.2, 0) is 9.59 Å². The molecular formula is C15H15ClN4O2. The smallest absolute Gasteiger partial charge is 0.229 e. The minimum absolute atomic E-state index is 0.00749. The van der Waals surface area contributed by atoms with E-state index in [-0.39, 0.29) is 24.2 Å². The summed E-state index contributed by atoms with van der Waals surface area (Å²) in [5.74, 6) is -0.496. The molecule has 7 heteroatoms. The van der Waals surface area contributed by atoms with Gasteiger partial charge in [0.1, 0.15) is 0 Å². The molecule has 22 heavy (non-hydrogen) atoms. The molecule has 0 bridgehead atoms. The van der Waals surface area contributed by atoms with Crippen molar-refractivity contribution in [2.75, 3.05) is 18.9 Å². The molecule has 0 spiro atoms. The fourth-order valence-electron chi connectivity index (χ4n) is 2.44. The van der Waals surface area contributed by atoms with Crippen LogP contribution in [0, 0.1) is 5.92 Å². The van der Waals surface area contributed by atoms with Crippen molar-refractivity contribution in [1.82, 2.24) is 14.7 Å². The number of hydrogen-bond acceptors (Lipinski definition) is 3. The molecule has 1 aromatic heterocycles. The molecule has 1 N–H and O–H groups in total. The molecule has 1 saturated heterocycles. The number of rotatable bonds is 3. The molecule has 0 radical (unpaired) electrons. The number of nitrogens with zero attached hydrogens (tertiary/aromatic N) is 3. The maximum Gasteiger partial charge on any atom is 0.229 e. The van der Waals surface area contributed by atoms with E-state index < -0.39 is 0 Å². The van der Waals surface area contributed by atoms with E-state index in [0.29, 0.717) is 17.3 Å². The van der Waals surface area contributed by atoms with Crippen molar-refractivity contribution < 1.29 is 9.59 Å². The fourth-order valence-corrected chi connectivity index (χ4v) is 2.66. The Labute approximate surface area is 132 Å². The predicted octanol–water partition coefficient (Wildman–Crippen LogP) is 1.94. The van der Waals surface area contributed by atoms with Gasteiger partial charge in [0.05, 0.1) is 34.7 Å². The summed E-state index contributed by atoms with van der Waals surface area (Å²) >= 11 is 6.12. The van der Waals surface area contributed by atoms with Gasteiger partial charge in [-0.3, -0.25) is 9.59 Å². The number of halogens is 1. The zero-order chi connectivity index (χ0) is 15.7. The third-order valence-electron chi connectivity index (χ3n) is 3.66. The molecule has 0 saturated carbocycles. The number of benzene rings is 1. The zero-order valence-corrected chi connectivity index (χ0v) is 12.7. The van der Waals surface area contributed by atoms with Crippen LogP contribution in [0.5, 0.6) is 0 Å². The van der Waals surface area contributed by atoms with Crippen LogP contribution in [0.2, 0.25) is 5.02 Å². The number of likely N-dealkylation sites (tertiary alicyclic amines) is 1. The van der Waals surface area contributed by atoms with Gasteiger partial charge in [0.2, 0.25) is 11.8 Å². The minimum Gasteiger partial charge on any atom is -0.345 e. The highest BCUT2D eigenvalue weighted by atomic mass is 35.5. The third kappa shape index (κ3) is 2.82. The van der Waals surface area contributed by atoms with Crippen molar-refractivity contribution >= 4 is 29.1 Å². The fraction of sp³-hybridized carbons (Fsp3) is 0.267. The molecule has 1 aliphatic rings. The first kappa shape index (κ1) is 14.6. The Morgan fingerprint density at radius 3 is 2.86 bits per heavy atom. The van der Waals surface area contributed by atoms with Crippen molar-refractivity contribution in [3.8, 4) is 5.69 Å². The number of nitrogens with one attached hydrogen (secondary N) is 1. The first-order chi connectivity index (χ1) is 10.5. The van der Waals surface area contributed by atoms with E-state index in [4.69, 9.17) is 11.6 Å². The van der Waals surface area contributed by atoms with Crippen LogP contribution in [0.4, 0.5) is 5.69 Å². The Kier molecular flexibility index (Phi) is 3.85. The first-order valence-corrected chi connectivity index (χ1v) is 7.27. The van der Waals surface area contributed by atoms with Crippen LogP contribution < -0.4 is 5.32 Å². The van der Waals surface area contributed by atoms with E-state index >= 15 is 0 Å². The Hall–Kier alpha value is -2.34. The van der Waals surface area contributed by atoms with Gasteiger partial charge < -0.3 is 10.2 Å². The van der Waals surface area contributed by atoms with Crippen LogP contribution in [0.15, 0.2) is 36.7 Å². The molecule has 2 aromatic rings. The largest absolute Gasteiger partial charge is 0.345 e. The van der Waals surface area contributed by atoms with E-state index in [0.717, 1.165) is 5.69 Å². The normalized spacial score (nSPS) is 17.8. The lowest BCUT2D eigenvalue weighted by Gasteiger charge is -2.09. The molecular weight excluding hydrogens is 304 g/mol. The summed E-state index contributed by atoms with van der Waals surface area (Å²) in [6, 6.07) is 7.31. The van der Waals surface area contributed by atoms with E-state index in [1.807, 2.05) is 18.2 Å². The highest BCUT2D eigenvalue weighted by molar-refractivity contribution is 6.32. The molecule has 1 atom stereocenters. The summed E-state index contributed by atoms with van der Waals surface area (Å²) in [6.07, 6.45) is 3.50. The van der Waals surface area contributed by atoms with Gasteiger partial charge in [-0.2, -0.15) is 5.10 Å². The average Bonchev–Trinajstić information content (AvgIpc) is 3.07. The summed E-state index contributed by atoms with van der Waals surface area (Å²) in [4.78, 5) is 25.2. The quantitative estimate of drug-likeness (QED) is 0.940. The lowest BCUT2D eigenvalue weighted by Crippen LogP contribution is -2.25. The van der Waals surface area contributed by atoms with Crippen molar-refractivity contribution in [1.29, 1.82) is 0 Å². The van der Waals surface area contributed by atoms with Crippen molar-refractivity contribution in [3.05, 3.63) is 41.7 Å². The van der Waals surface area contributed by atoms with Gasteiger partial charge in [-0.05, 0) is 12.1 Å². The van der Waals surface area contributed by atoms with E-state index in [1.165, 1.54) is 0 Å². The van der Waals surface area contributed by atoms with Crippen LogP contribution in [0.25, 0.3) is 5.69 Å². The highest BCUT2D eigenvalue weighted by Crippen LogP contribution is 2.22. The number of anilines is 1. The second-order valence-electron chi connectivity index (χ2n) is 5.29. The Balaban J connectivity index is 1.71. The van der Waals surface area contributed by atoms with E-state index in [2.05, 4.69) is 10.4 Å². The van der Waals surface area contributed by atoms with Gasteiger partial charge in [-0.15, -0.1) is 0 Å². The van der Waals surface area contributed by atoms with E-state index in [9.17, 15) is 9.59 Å². The Bertz CT molecular complexity index is 728. The molecule has 1 aromatic carbocycles. The molecule has 1 aliphatic heterocycles.